The first kappa shape index (κ1) is 22.4. The molecule has 1 fully saturated rings. The van der Waals surface area contributed by atoms with Gasteiger partial charge in [0.1, 0.15) is 0 Å². The van der Waals surface area contributed by atoms with Crippen molar-refractivity contribution in [3.8, 4) is 11.5 Å². The topological polar surface area (TPSA) is 38.8 Å². The molecule has 1 aliphatic heterocycles. The van der Waals surface area contributed by atoms with Crippen LogP contribution in [0, 0.1) is 11.8 Å². The fourth-order valence-corrected chi connectivity index (χ4v) is 4.71. The number of ether oxygens (including phenoxy) is 2. The summed E-state index contributed by atoms with van der Waals surface area (Å²) < 4.78 is 10.8. The average molecular weight is 410 g/mol. The summed E-state index contributed by atoms with van der Waals surface area (Å²) in [7, 11) is 3.26. The van der Waals surface area contributed by atoms with Gasteiger partial charge >= 0.3 is 0 Å². The van der Waals surface area contributed by atoms with E-state index in [0.717, 1.165) is 43.6 Å². The summed E-state index contributed by atoms with van der Waals surface area (Å²) in [6.45, 7) is 7.27. The fourth-order valence-electron chi connectivity index (χ4n) is 4.71. The molecule has 0 saturated carbocycles. The molecule has 30 heavy (non-hydrogen) atoms. The van der Waals surface area contributed by atoms with E-state index in [1.807, 2.05) is 26.0 Å². The van der Waals surface area contributed by atoms with Gasteiger partial charge in [0.25, 0.3) is 0 Å². The van der Waals surface area contributed by atoms with Gasteiger partial charge in [-0.2, -0.15) is 0 Å². The van der Waals surface area contributed by atoms with Crippen LogP contribution < -0.4 is 9.47 Å². The van der Waals surface area contributed by atoms with Gasteiger partial charge in [-0.3, -0.25) is 9.69 Å². The van der Waals surface area contributed by atoms with Gasteiger partial charge in [0, 0.05) is 18.0 Å². The Kier molecular flexibility index (Phi) is 7.92. The van der Waals surface area contributed by atoms with Crippen LogP contribution in [0.25, 0.3) is 0 Å². The summed E-state index contributed by atoms with van der Waals surface area (Å²) in [6.07, 6.45) is 4.19. The van der Waals surface area contributed by atoms with Crippen LogP contribution in [0.4, 0.5) is 0 Å². The quantitative estimate of drug-likeness (QED) is 0.641. The van der Waals surface area contributed by atoms with Crippen LogP contribution in [0.2, 0.25) is 0 Å². The number of fused-ring (bicyclic) bond motifs is 1. The van der Waals surface area contributed by atoms with E-state index in [0.29, 0.717) is 17.4 Å². The molecule has 0 amide bonds. The maximum absolute atomic E-state index is 12.9. The Balaban J connectivity index is 0.00000124. The summed E-state index contributed by atoms with van der Waals surface area (Å²) in [5, 5.41) is 0. The lowest BCUT2D eigenvalue weighted by Crippen LogP contribution is -2.34. The molecule has 2 aliphatic rings. The number of Topliss-reactive ketones (excluding diaryl/α,β-unsaturated/α-hetero) is 1. The number of piperidine rings is 1. The van der Waals surface area contributed by atoms with Gasteiger partial charge < -0.3 is 9.47 Å². The van der Waals surface area contributed by atoms with E-state index >= 15 is 0 Å². The van der Waals surface area contributed by atoms with E-state index in [9.17, 15) is 4.79 Å². The van der Waals surface area contributed by atoms with Crippen molar-refractivity contribution < 1.29 is 14.3 Å². The zero-order chi connectivity index (χ0) is 21.5. The van der Waals surface area contributed by atoms with Gasteiger partial charge in [-0.15, -0.1) is 0 Å². The number of ketones is 1. The van der Waals surface area contributed by atoms with E-state index in [1.165, 1.54) is 18.4 Å². The molecule has 1 heterocycles. The van der Waals surface area contributed by atoms with Crippen LogP contribution in [-0.2, 0) is 13.0 Å². The van der Waals surface area contributed by atoms with Gasteiger partial charge in [0.15, 0.2) is 17.3 Å². The second-order valence-corrected chi connectivity index (χ2v) is 8.07. The Labute approximate surface area is 181 Å². The molecule has 2 aromatic rings. The highest BCUT2D eigenvalue weighted by atomic mass is 16.5. The standard InChI is InChI=1S/C24H29NO3.C2H6/c1-27-22-14-19-13-20(24(26)21(19)15-23(22)28-2)12-17-8-10-25(11-9-17)16-18-6-4-3-5-7-18;1-2/h3-7,14-15,17,20H,8-13,16H2,1-2H3;1-2H3. The summed E-state index contributed by atoms with van der Waals surface area (Å²) in [6, 6.07) is 14.5. The molecular formula is C26H35NO3. The lowest BCUT2D eigenvalue weighted by Gasteiger charge is -2.32. The van der Waals surface area contributed by atoms with Crippen LogP contribution in [0.5, 0.6) is 11.5 Å². The normalized spacial score (nSPS) is 19.1. The van der Waals surface area contributed by atoms with E-state index < -0.39 is 0 Å². The van der Waals surface area contributed by atoms with Crippen molar-refractivity contribution in [1.29, 1.82) is 0 Å². The second-order valence-electron chi connectivity index (χ2n) is 8.07. The molecule has 4 nitrogen and oxygen atoms in total. The number of nitrogens with zero attached hydrogens (tertiary/aromatic N) is 1. The second kappa shape index (κ2) is 10.6. The summed E-state index contributed by atoms with van der Waals surface area (Å²) in [5.41, 5.74) is 3.31. The first-order valence-electron chi connectivity index (χ1n) is 11.2. The third-order valence-electron chi connectivity index (χ3n) is 6.29. The number of rotatable bonds is 6. The van der Waals surface area contributed by atoms with Gasteiger partial charge in [-0.25, -0.2) is 0 Å². The smallest absolute Gasteiger partial charge is 0.166 e. The van der Waals surface area contributed by atoms with E-state index in [4.69, 9.17) is 9.47 Å². The molecule has 0 N–H and O–H groups in total. The minimum absolute atomic E-state index is 0.109. The molecule has 1 saturated heterocycles. The number of methoxy groups -OCH3 is 2. The highest BCUT2D eigenvalue weighted by Gasteiger charge is 2.34. The molecule has 0 spiro atoms. The monoisotopic (exact) mass is 409 g/mol. The van der Waals surface area contributed by atoms with Gasteiger partial charge in [0.05, 0.1) is 14.2 Å². The summed E-state index contributed by atoms with van der Waals surface area (Å²) in [5.74, 6) is 2.38. The summed E-state index contributed by atoms with van der Waals surface area (Å²) in [4.78, 5) is 15.5. The predicted octanol–water partition coefficient (Wildman–Crippen LogP) is 5.39. The van der Waals surface area contributed by atoms with Crippen molar-refractivity contribution in [3.63, 3.8) is 0 Å². The molecule has 0 bridgehead atoms. The zero-order valence-corrected chi connectivity index (χ0v) is 18.8. The maximum Gasteiger partial charge on any atom is 0.166 e. The van der Waals surface area contributed by atoms with E-state index in [1.54, 1.807) is 14.2 Å². The van der Waals surface area contributed by atoms with Gasteiger partial charge in [-0.05, 0) is 68.0 Å². The summed E-state index contributed by atoms with van der Waals surface area (Å²) >= 11 is 0. The molecule has 4 heteroatoms. The molecule has 1 atom stereocenters. The highest BCUT2D eigenvalue weighted by Crippen LogP contribution is 2.39. The lowest BCUT2D eigenvalue weighted by atomic mass is 9.85. The Morgan fingerprint density at radius 2 is 1.60 bits per heavy atom. The van der Waals surface area contributed by atoms with Crippen LogP contribution in [0.15, 0.2) is 42.5 Å². The first-order valence-corrected chi connectivity index (χ1v) is 11.2. The molecule has 162 valence electrons. The molecule has 0 radical (unpaired) electrons. The highest BCUT2D eigenvalue weighted by molar-refractivity contribution is 6.02. The number of hydrogen-bond donors (Lipinski definition) is 0. The fraction of sp³-hybridized carbons (Fsp3) is 0.500. The minimum atomic E-state index is 0.109. The van der Waals surface area contributed by atoms with Gasteiger partial charge in [-0.1, -0.05) is 44.2 Å². The number of likely N-dealkylation sites (tertiary alicyclic amines) is 1. The number of hydrogen-bond acceptors (Lipinski definition) is 4. The largest absolute Gasteiger partial charge is 0.493 e. The first-order chi connectivity index (χ1) is 14.7. The third kappa shape index (κ3) is 5.04. The van der Waals surface area contributed by atoms with Gasteiger partial charge in [0.2, 0.25) is 0 Å². The Hall–Kier alpha value is -2.33. The van der Waals surface area contributed by atoms with Crippen molar-refractivity contribution in [2.45, 2.75) is 46.1 Å². The number of benzene rings is 2. The van der Waals surface area contributed by atoms with Crippen molar-refractivity contribution in [2.75, 3.05) is 27.3 Å². The SMILES string of the molecule is CC.COc1cc2c(cc1OC)C(=O)C(CC1CCN(Cc3ccccc3)CC1)C2. The van der Waals surface area contributed by atoms with Crippen LogP contribution in [-0.4, -0.2) is 38.0 Å². The molecular weight excluding hydrogens is 374 g/mol. The van der Waals surface area contributed by atoms with Crippen molar-refractivity contribution in [3.05, 3.63) is 59.2 Å². The van der Waals surface area contributed by atoms with Crippen molar-refractivity contribution in [1.82, 2.24) is 4.90 Å². The van der Waals surface area contributed by atoms with Crippen molar-refractivity contribution >= 4 is 5.78 Å². The third-order valence-corrected chi connectivity index (χ3v) is 6.29. The van der Waals surface area contributed by atoms with Crippen LogP contribution in [0.3, 0.4) is 0 Å². The van der Waals surface area contributed by atoms with Crippen LogP contribution >= 0.6 is 0 Å². The van der Waals surface area contributed by atoms with Crippen molar-refractivity contribution in [2.24, 2.45) is 11.8 Å². The average Bonchev–Trinajstić information content (AvgIpc) is 3.10. The maximum atomic E-state index is 12.9. The Bertz CT molecular complexity index is 826. The molecule has 0 aromatic heterocycles. The van der Waals surface area contributed by atoms with E-state index in [2.05, 4.69) is 35.2 Å². The number of carbonyl (C=O) groups excluding carboxylic acids is 1. The minimum Gasteiger partial charge on any atom is -0.493 e. The predicted molar refractivity (Wildman–Crippen MR) is 121 cm³/mol. The Morgan fingerprint density at radius 3 is 2.23 bits per heavy atom. The molecule has 1 aliphatic carbocycles. The van der Waals surface area contributed by atoms with E-state index in [-0.39, 0.29) is 11.7 Å². The van der Waals surface area contributed by atoms with Crippen LogP contribution in [0.1, 0.15) is 54.6 Å². The lowest BCUT2D eigenvalue weighted by molar-refractivity contribution is 0.0895. The number of carbonyl (C=O) groups is 1. The molecule has 1 unspecified atom stereocenters. The zero-order valence-electron chi connectivity index (χ0n) is 18.8. The molecule has 2 aromatic carbocycles. The molecule has 4 rings (SSSR count). The Morgan fingerprint density at radius 1 is 0.967 bits per heavy atom.